The van der Waals surface area contributed by atoms with Crippen LogP contribution in [0.5, 0.6) is 0 Å². The highest BCUT2D eigenvalue weighted by Crippen LogP contribution is 2.59. The molecule has 0 aromatic rings. The van der Waals surface area contributed by atoms with E-state index in [1.54, 1.807) is 0 Å². The molecule has 1 spiro atoms. The van der Waals surface area contributed by atoms with Gasteiger partial charge in [-0.05, 0) is 56.7 Å². The number of piperidine rings is 1. The second kappa shape index (κ2) is 2.76. The molecule has 0 aromatic carbocycles. The highest BCUT2D eigenvalue weighted by atomic mass is 14.9. The van der Waals surface area contributed by atoms with E-state index in [0.717, 1.165) is 17.9 Å². The number of hydrogen-bond donors (Lipinski definition) is 2. The van der Waals surface area contributed by atoms with Crippen LogP contribution in [0.2, 0.25) is 0 Å². The van der Waals surface area contributed by atoms with Gasteiger partial charge in [-0.3, -0.25) is 0 Å². The van der Waals surface area contributed by atoms with Crippen molar-refractivity contribution in [3.63, 3.8) is 0 Å². The van der Waals surface area contributed by atoms with Crippen LogP contribution >= 0.6 is 0 Å². The third-order valence-corrected chi connectivity index (χ3v) is 3.47. The van der Waals surface area contributed by atoms with Crippen LogP contribution in [-0.2, 0) is 0 Å². The van der Waals surface area contributed by atoms with Crippen molar-refractivity contribution < 1.29 is 0 Å². The Balaban J connectivity index is 1.84. The molecule has 2 aliphatic rings. The molecule has 11 heavy (non-hydrogen) atoms. The van der Waals surface area contributed by atoms with Crippen molar-refractivity contribution in [3.8, 4) is 0 Å². The molecule has 1 saturated carbocycles. The summed E-state index contributed by atoms with van der Waals surface area (Å²) in [7, 11) is 0. The Kier molecular flexibility index (Phi) is 1.90. The van der Waals surface area contributed by atoms with E-state index in [4.69, 9.17) is 5.73 Å². The maximum Gasteiger partial charge on any atom is -0.00435 e. The highest BCUT2D eigenvalue weighted by Gasteiger charge is 2.52. The lowest BCUT2D eigenvalue weighted by molar-refractivity contribution is 0.319. The normalized spacial score (nSPS) is 34.1. The lowest BCUT2D eigenvalue weighted by Gasteiger charge is -2.23. The van der Waals surface area contributed by atoms with Gasteiger partial charge < -0.3 is 11.1 Å². The minimum Gasteiger partial charge on any atom is -0.330 e. The van der Waals surface area contributed by atoms with Crippen molar-refractivity contribution in [1.29, 1.82) is 0 Å². The lowest BCUT2D eigenvalue weighted by atomic mass is 9.91. The summed E-state index contributed by atoms with van der Waals surface area (Å²) in [5.74, 6) is 0.981. The Labute approximate surface area is 68.5 Å². The zero-order valence-electron chi connectivity index (χ0n) is 7.10. The maximum atomic E-state index is 5.54. The van der Waals surface area contributed by atoms with E-state index >= 15 is 0 Å². The van der Waals surface area contributed by atoms with Crippen LogP contribution in [0.15, 0.2) is 0 Å². The molecule has 3 N–H and O–H groups in total. The molecular formula is C9H18N2. The van der Waals surface area contributed by atoms with Crippen LogP contribution in [0.3, 0.4) is 0 Å². The zero-order chi connectivity index (χ0) is 7.73. The summed E-state index contributed by atoms with van der Waals surface area (Å²) in [5, 5.41) is 3.41. The monoisotopic (exact) mass is 154 g/mol. The molecule has 1 aliphatic carbocycles. The summed E-state index contributed by atoms with van der Waals surface area (Å²) < 4.78 is 0. The third kappa shape index (κ3) is 1.30. The van der Waals surface area contributed by atoms with Gasteiger partial charge in [-0.15, -0.1) is 0 Å². The summed E-state index contributed by atoms with van der Waals surface area (Å²) in [6, 6.07) is 0. The van der Waals surface area contributed by atoms with E-state index in [-0.39, 0.29) is 0 Å². The van der Waals surface area contributed by atoms with Crippen molar-refractivity contribution in [2.45, 2.75) is 25.7 Å². The first-order valence-electron chi connectivity index (χ1n) is 4.78. The first kappa shape index (κ1) is 7.56. The molecule has 1 aliphatic heterocycles. The van der Waals surface area contributed by atoms with Crippen LogP contribution < -0.4 is 11.1 Å². The average molecular weight is 154 g/mol. The second-order valence-corrected chi connectivity index (χ2v) is 4.09. The molecular weight excluding hydrogens is 136 g/mol. The number of nitrogens with one attached hydrogen (secondary N) is 1. The molecule has 0 amide bonds. The van der Waals surface area contributed by atoms with E-state index in [1.165, 1.54) is 38.8 Å². The molecule has 1 heterocycles. The first-order chi connectivity index (χ1) is 5.37. The van der Waals surface area contributed by atoms with Gasteiger partial charge in [0.15, 0.2) is 0 Å². The summed E-state index contributed by atoms with van der Waals surface area (Å²) >= 11 is 0. The standard InChI is InChI=1S/C9H18N2/c10-4-1-8-7-9(8)2-5-11-6-3-9/h8,11H,1-7,10H2. The van der Waals surface area contributed by atoms with Gasteiger partial charge in [-0.1, -0.05) is 0 Å². The van der Waals surface area contributed by atoms with E-state index in [2.05, 4.69) is 5.32 Å². The van der Waals surface area contributed by atoms with Crippen molar-refractivity contribution in [2.75, 3.05) is 19.6 Å². The van der Waals surface area contributed by atoms with Gasteiger partial charge in [0.1, 0.15) is 0 Å². The molecule has 0 radical (unpaired) electrons. The van der Waals surface area contributed by atoms with Crippen LogP contribution in [0.25, 0.3) is 0 Å². The van der Waals surface area contributed by atoms with Crippen LogP contribution in [0, 0.1) is 11.3 Å². The van der Waals surface area contributed by atoms with E-state index in [0.29, 0.717) is 0 Å². The van der Waals surface area contributed by atoms with Gasteiger partial charge in [0.05, 0.1) is 0 Å². The van der Waals surface area contributed by atoms with E-state index < -0.39 is 0 Å². The fourth-order valence-corrected chi connectivity index (χ4v) is 2.58. The van der Waals surface area contributed by atoms with Crippen molar-refractivity contribution >= 4 is 0 Å². The molecule has 64 valence electrons. The molecule has 1 unspecified atom stereocenters. The molecule has 2 nitrogen and oxygen atoms in total. The Bertz CT molecular complexity index is 138. The summed E-state index contributed by atoms with van der Waals surface area (Å²) in [6.45, 7) is 3.36. The summed E-state index contributed by atoms with van der Waals surface area (Å²) in [6.07, 6.45) is 5.53. The summed E-state index contributed by atoms with van der Waals surface area (Å²) in [4.78, 5) is 0. The van der Waals surface area contributed by atoms with Crippen molar-refractivity contribution in [1.82, 2.24) is 5.32 Å². The molecule has 2 fully saturated rings. The molecule has 2 rings (SSSR count). The topological polar surface area (TPSA) is 38.0 Å². The molecule has 1 atom stereocenters. The largest absolute Gasteiger partial charge is 0.330 e. The number of nitrogens with two attached hydrogens (primary N) is 1. The van der Waals surface area contributed by atoms with Gasteiger partial charge in [0.2, 0.25) is 0 Å². The average Bonchev–Trinajstić information content (AvgIpc) is 2.66. The number of rotatable bonds is 2. The Morgan fingerprint density at radius 2 is 2.09 bits per heavy atom. The van der Waals surface area contributed by atoms with Crippen LogP contribution in [0.4, 0.5) is 0 Å². The SMILES string of the molecule is NCCC1CC12CCNCC2. The molecule has 0 bridgehead atoms. The van der Waals surface area contributed by atoms with Crippen molar-refractivity contribution in [3.05, 3.63) is 0 Å². The maximum absolute atomic E-state index is 5.54. The highest BCUT2D eigenvalue weighted by molar-refractivity contribution is 5.03. The lowest BCUT2D eigenvalue weighted by Crippen LogP contribution is -2.29. The third-order valence-electron chi connectivity index (χ3n) is 3.47. The number of hydrogen-bond acceptors (Lipinski definition) is 2. The Morgan fingerprint density at radius 1 is 1.36 bits per heavy atom. The fourth-order valence-electron chi connectivity index (χ4n) is 2.58. The minimum atomic E-state index is 0.755. The van der Waals surface area contributed by atoms with Gasteiger partial charge in [0.25, 0.3) is 0 Å². The predicted octanol–water partition coefficient (Wildman–Crippen LogP) is 0.725. The molecule has 0 aromatic heterocycles. The zero-order valence-corrected chi connectivity index (χ0v) is 7.10. The van der Waals surface area contributed by atoms with E-state index in [1.807, 2.05) is 0 Å². The molecule has 2 heteroatoms. The quantitative estimate of drug-likeness (QED) is 0.615. The first-order valence-corrected chi connectivity index (χ1v) is 4.78. The van der Waals surface area contributed by atoms with Gasteiger partial charge >= 0.3 is 0 Å². The van der Waals surface area contributed by atoms with Gasteiger partial charge in [0, 0.05) is 0 Å². The van der Waals surface area contributed by atoms with Gasteiger partial charge in [-0.25, -0.2) is 0 Å². The van der Waals surface area contributed by atoms with Gasteiger partial charge in [-0.2, -0.15) is 0 Å². The Morgan fingerprint density at radius 3 is 2.73 bits per heavy atom. The fraction of sp³-hybridized carbons (Fsp3) is 1.00. The van der Waals surface area contributed by atoms with Crippen molar-refractivity contribution in [2.24, 2.45) is 17.1 Å². The predicted molar refractivity (Wildman–Crippen MR) is 46.3 cm³/mol. The minimum absolute atomic E-state index is 0.755. The van der Waals surface area contributed by atoms with Crippen LogP contribution in [0.1, 0.15) is 25.7 Å². The van der Waals surface area contributed by atoms with Crippen LogP contribution in [-0.4, -0.2) is 19.6 Å². The smallest absolute Gasteiger partial charge is 0.00435 e. The second-order valence-electron chi connectivity index (χ2n) is 4.09. The molecule has 1 saturated heterocycles. The van der Waals surface area contributed by atoms with E-state index in [9.17, 15) is 0 Å². The summed E-state index contributed by atoms with van der Waals surface area (Å²) in [5.41, 5.74) is 6.30. The Hall–Kier alpha value is -0.0800.